The molecule has 0 saturated heterocycles. The molecule has 0 saturated carbocycles. The number of rotatable bonds is 2. The van der Waals surface area contributed by atoms with Gasteiger partial charge in [0.1, 0.15) is 5.75 Å². The van der Waals surface area contributed by atoms with Crippen LogP contribution in [0.25, 0.3) is 11.6 Å². The molecule has 0 amide bonds. The molecular weight excluding hydrogens is 364 g/mol. The fourth-order valence-corrected chi connectivity index (χ4v) is 4.59. The molecule has 5 rings (SSSR count). The van der Waals surface area contributed by atoms with E-state index in [9.17, 15) is 10.1 Å². The predicted molar refractivity (Wildman–Crippen MR) is 114 cm³/mol. The van der Waals surface area contributed by atoms with E-state index in [0.29, 0.717) is 5.75 Å². The van der Waals surface area contributed by atoms with E-state index < -0.39 is 5.72 Å². The van der Waals surface area contributed by atoms with Gasteiger partial charge in [0, 0.05) is 36.0 Å². The van der Waals surface area contributed by atoms with Crippen LogP contribution in [0.4, 0.5) is 11.4 Å². The molecule has 3 aliphatic rings. The Kier molecular flexibility index (Phi) is 3.46. The maximum absolute atomic E-state index is 11.1. The number of nitro benzene ring substituents is 1. The molecule has 0 radical (unpaired) electrons. The average molecular weight is 384 g/mol. The Morgan fingerprint density at radius 2 is 1.97 bits per heavy atom. The molecule has 0 N–H and O–H groups in total. The SMILES string of the molecule is CN1c2ccc(C3=C=CC=C3)cc2C(C)(C)C12C=Cc1cc([N+](=O)[O-])ccc1O2. The van der Waals surface area contributed by atoms with Gasteiger partial charge in [0.05, 0.1) is 10.3 Å². The van der Waals surface area contributed by atoms with Crippen molar-refractivity contribution in [3.05, 3.63) is 93.2 Å². The summed E-state index contributed by atoms with van der Waals surface area (Å²) in [6, 6.07) is 11.2. The number of anilines is 1. The molecule has 0 aromatic heterocycles. The van der Waals surface area contributed by atoms with Crippen LogP contribution in [0.3, 0.4) is 0 Å². The summed E-state index contributed by atoms with van der Waals surface area (Å²) in [6.45, 7) is 4.35. The summed E-state index contributed by atoms with van der Waals surface area (Å²) in [5, 5.41) is 11.1. The summed E-state index contributed by atoms with van der Waals surface area (Å²) in [6.07, 6.45) is 9.92. The van der Waals surface area contributed by atoms with Crippen molar-refractivity contribution in [2.24, 2.45) is 0 Å². The van der Waals surface area contributed by atoms with E-state index in [1.165, 1.54) is 11.6 Å². The second-order valence-electron chi connectivity index (χ2n) is 8.11. The molecule has 2 aromatic carbocycles. The fourth-order valence-electron chi connectivity index (χ4n) is 4.59. The topological polar surface area (TPSA) is 55.6 Å². The molecule has 2 aromatic rings. The Morgan fingerprint density at radius 1 is 1.14 bits per heavy atom. The van der Waals surface area contributed by atoms with Crippen LogP contribution in [0.15, 0.2) is 66.4 Å². The van der Waals surface area contributed by atoms with Crippen LogP contribution in [0, 0.1) is 10.1 Å². The van der Waals surface area contributed by atoms with Crippen molar-refractivity contribution in [3.8, 4) is 5.75 Å². The number of non-ortho nitro benzene ring substituents is 1. The van der Waals surface area contributed by atoms with Crippen molar-refractivity contribution in [3.63, 3.8) is 0 Å². The van der Waals surface area contributed by atoms with Gasteiger partial charge >= 0.3 is 0 Å². The smallest absolute Gasteiger partial charge is 0.270 e. The first-order chi connectivity index (χ1) is 13.8. The molecule has 5 heteroatoms. The lowest BCUT2D eigenvalue weighted by atomic mass is 9.76. The number of nitrogens with zero attached hydrogens (tertiary/aromatic N) is 2. The van der Waals surface area contributed by atoms with E-state index in [1.807, 2.05) is 31.4 Å². The highest BCUT2D eigenvalue weighted by Gasteiger charge is 2.57. The lowest BCUT2D eigenvalue weighted by Crippen LogP contribution is -2.58. The molecule has 1 atom stereocenters. The second-order valence-corrected chi connectivity index (χ2v) is 8.11. The Morgan fingerprint density at radius 3 is 2.69 bits per heavy atom. The van der Waals surface area contributed by atoms with E-state index in [-0.39, 0.29) is 16.0 Å². The lowest BCUT2D eigenvalue weighted by Gasteiger charge is -2.45. The number of benzene rings is 2. The van der Waals surface area contributed by atoms with Gasteiger partial charge in [0.25, 0.3) is 5.69 Å². The third-order valence-corrected chi connectivity index (χ3v) is 6.29. The second kappa shape index (κ2) is 5.72. The van der Waals surface area contributed by atoms with Crippen molar-refractivity contribution in [1.82, 2.24) is 0 Å². The van der Waals surface area contributed by atoms with E-state index in [0.717, 1.165) is 22.4 Å². The molecule has 29 heavy (non-hydrogen) atoms. The minimum Gasteiger partial charge on any atom is -0.463 e. The molecular formula is C24H20N2O3. The maximum atomic E-state index is 11.1. The molecule has 5 nitrogen and oxygen atoms in total. The van der Waals surface area contributed by atoms with Crippen molar-refractivity contribution < 1.29 is 9.66 Å². The van der Waals surface area contributed by atoms with Crippen LogP contribution in [-0.2, 0) is 5.41 Å². The highest BCUT2D eigenvalue weighted by atomic mass is 16.6. The third-order valence-electron chi connectivity index (χ3n) is 6.29. The van der Waals surface area contributed by atoms with Gasteiger partial charge in [-0.2, -0.15) is 0 Å². The van der Waals surface area contributed by atoms with Gasteiger partial charge in [0.2, 0.25) is 5.72 Å². The summed E-state index contributed by atoms with van der Waals surface area (Å²) >= 11 is 0. The fraction of sp³-hybridized carbons (Fsp3) is 0.208. The minimum absolute atomic E-state index is 0.0610. The summed E-state index contributed by atoms with van der Waals surface area (Å²) in [4.78, 5) is 12.9. The quantitative estimate of drug-likeness (QED) is 0.404. The minimum atomic E-state index is -0.715. The third kappa shape index (κ3) is 2.28. The van der Waals surface area contributed by atoms with Crippen molar-refractivity contribution in [2.45, 2.75) is 25.0 Å². The van der Waals surface area contributed by atoms with Crippen molar-refractivity contribution in [2.75, 3.05) is 11.9 Å². The molecule has 2 heterocycles. The standard InChI is InChI=1S/C24H20N2O3/c1-23(2)20-15-17(16-6-4-5-7-16)8-10-21(20)25(3)24(23)13-12-18-14-19(26(27)28)9-11-22(18)29-24/h4-6,8-15H,1-3H3. The summed E-state index contributed by atoms with van der Waals surface area (Å²) < 4.78 is 6.56. The van der Waals surface area contributed by atoms with Crippen molar-refractivity contribution >= 4 is 23.0 Å². The van der Waals surface area contributed by atoms with Gasteiger partial charge in [-0.1, -0.05) is 12.1 Å². The lowest BCUT2D eigenvalue weighted by molar-refractivity contribution is -0.384. The van der Waals surface area contributed by atoms with E-state index in [2.05, 4.69) is 48.8 Å². The molecule has 2 aliphatic heterocycles. The summed E-state index contributed by atoms with van der Waals surface area (Å²) in [7, 11) is 2.03. The zero-order chi connectivity index (χ0) is 20.4. The largest absolute Gasteiger partial charge is 0.463 e. The zero-order valence-corrected chi connectivity index (χ0v) is 16.5. The van der Waals surface area contributed by atoms with Crippen LogP contribution in [0.5, 0.6) is 5.75 Å². The van der Waals surface area contributed by atoms with Crippen LogP contribution in [0.1, 0.15) is 30.5 Å². The number of likely N-dealkylation sites (N-methyl/N-ethyl adjacent to an activating group) is 1. The molecule has 1 aliphatic carbocycles. The maximum Gasteiger partial charge on any atom is 0.270 e. The van der Waals surface area contributed by atoms with Gasteiger partial charge < -0.3 is 9.64 Å². The monoisotopic (exact) mass is 384 g/mol. The number of hydrogen-bond acceptors (Lipinski definition) is 4. The van der Waals surface area contributed by atoms with Gasteiger partial charge in [-0.3, -0.25) is 10.1 Å². The van der Waals surface area contributed by atoms with Crippen LogP contribution in [0.2, 0.25) is 0 Å². The highest BCUT2D eigenvalue weighted by molar-refractivity contribution is 5.80. The Labute approximate surface area is 169 Å². The molecule has 0 fully saturated rings. The Bertz CT molecular complexity index is 1200. The normalized spacial score (nSPS) is 22.4. The van der Waals surface area contributed by atoms with Gasteiger partial charge in [-0.05, 0) is 67.5 Å². The number of allylic oxidation sites excluding steroid dienone is 3. The Hall–Kier alpha value is -3.56. The Balaban J connectivity index is 1.61. The number of hydrogen-bond donors (Lipinski definition) is 0. The highest BCUT2D eigenvalue weighted by Crippen LogP contribution is 2.54. The van der Waals surface area contributed by atoms with Gasteiger partial charge in [-0.25, -0.2) is 0 Å². The number of fused-ring (bicyclic) bond motifs is 2. The van der Waals surface area contributed by atoms with E-state index in [4.69, 9.17) is 4.74 Å². The molecule has 0 bridgehead atoms. The molecule has 1 spiro atoms. The van der Waals surface area contributed by atoms with Crippen LogP contribution < -0.4 is 9.64 Å². The summed E-state index contributed by atoms with van der Waals surface area (Å²) in [5.41, 5.74) is 7.49. The van der Waals surface area contributed by atoms with Crippen LogP contribution >= 0.6 is 0 Å². The molecule has 144 valence electrons. The van der Waals surface area contributed by atoms with Gasteiger partial charge in [0.15, 0.2) is 0 Å². The average Bonchev–Trinajstić information content (AvgIpc) is 3.30. The first-order valence-corrected chi connectivity index (χ1v) is 9.52. The van der Waals surface area contributed by atoms with E-state index in [1.54, 1.807) is 12.1 Å². The number of ether oxygens (including phenoxy) is 1. The zero-order valence-electron chi connectivity index (χ0n) is 16.5. The number of nitro groups is 1. The molecule has 1 unspecified atom stereocenters. The first-order valence-electron chi connectivity index (χ1n) is 9.52. The summed E-state index contributed by atoms with van der Waals surface area (Å²) in [5.74, 6) is 0.649. The van der Waals surface area contributed by atoms with Crippen molar-refractivity contribution in [1.29, 1.82) is 0 Å². The van der Waals surface area contributed by atoms with Gasteiger partial charge in [-0.15, -0.1) is 5.73 Å². The first kappa shape index (κ1) is 17.5. The predicted octanol–water partition coefficient (Wildman–Crippen LogP) is 5.23. The van der Waals surface area contributed by atoms with Crippen LogP contribution in [-0.4, -0.2) is 17.7 Å². The van der Waals surface area contributed by atoms with E-state index >= 15 is 0 Å².